The van der Waals surface area contributed by atoms with Gasteiger partial charge in [-0.3, -0.25) is 0 Å². The van der Waals surface area contributed by atoms with Gasteiger partial charge in [0, 0.05) is 16.1 Å². The molecule has 0 amide bonds. The number of rotatable bonds is 6. The number of allylic oxidation sites excluding steroid dienone is 2. The Balaban J connectivity index is 2.56. The van der Waals surface area contributed by atoms with Crippen molar-refractivity contribution >= 4 is 23.3 Å². The van der Waals surface area contributed by atoms with E-state index in [-0.39, 0.29) is 5.75 Å². The van der Waals surface area contributed by atoms with Crippen LogP contribution in [0.4, 0.5) is 0 Å². The zero-order chi connectivity index (χ0) is 17.5. The van der Waals surface area contributed by atoms with Crippen molar-refractivity contribution in [3.05, 3.63) is 70.8 Å². The van der Waals surface area contributed by atoms with Gasteiger partial charge >= 0.3 is 0 Å². The summed E-state index contributed by atoms with van der Waals surface area (Å²) in [5.41, 5.74) is 2.56. The molecular weight excluding hydrogens is 322 g/mol. The van der Waals surface area contributed by atoms with E-state index >= 15 is 0 Å². The summed E-state index contributed by atoms with van der Waals surface area (Å²) in [4.78, 5) is 0. The van der Waals surface area contributed by atoms with E-state index in [1.807, 2.05) is 25.1 Å². The van der Waals surface area contributed by atoms with Crippen LogP contribution in [0, 0.1) is 11.3 Å². The number of phenols is 1. The SMILES string of the molecule is C=CCc1cc(C=C(C#N)c2ccccc2Cl)cc(OCC)c1O. The average molecular weight is 340 g/mol. The van der Waals surface area contributed by atoms with Gasteiger partial charge in [-0.25, -0.2) is 0 Å². The van der Waals surface area contributed by atoms with Crippen molar-refractivity contribution < 1.29 is 9.84 Å². The molecule has 24 heavy (non-hydrogen) atoms. The van der Waals surface area contributed by atoms with Crippen LogP contribution in [0.15, 0.2) is 49.1 Å². The fourth-order valence-corrected chi connectivity index (χ4v) is 2.60. The molecule has 0 saturated heterocycles. The molecule has 0 fully saturated rings. The molecule has 0 bridgehead atoms. The van der Waals surface area contributed by atoms with Crippen LogP contribution in [0.5, 0.6) is 11.5 Å². The van der Waals surface area contributed by atoms with Gasteiger partial charge in [0.05, 0.1) is 18.2 Å². The largest absolute Gasteiger partial charge is 0.504 e. The molecule has 0 unspecified atom stereocenters. The van der Waals surface area contributed by atoms with Crippen LogP contribution in [-0.2, 0) is 6.42 Å². The van der Waals surface area contributed by atoms with E-state index in [0.717, 1.165) is 5.56 Å². The molecule has 0 radical (unpaired) electrons. The smallest absolute Gasteiger partial charge is 0.161 e. The first-order valence-electron chi connectivity index (χ1n) is 7.57. The van der Waals surface area contributed by atoms with Gasteiger partial charge in [-0.05, 0) is 43.2 Å². The molecule has 0 heterocycles. The third-order valence-corrected chi connectivity index (χ3v) is 3.77. The van der Waals surface area contributed by atoms with Gasteiger partial charge in [0.15, 0.2) is 11.5 Å². The zero-order valence-electron chi connectivity index (χ0n) is 13.4. The maximum atomic E-state index is 10.2. The van der Waals surface area contributed by atoms with Crippen LogP contribution in [0.25, 0.3) is 11.6 Å². The minimum atomic E-state index is 0.102. The molecule has 0 saturated carbocycles. The lowest BCUT2D eigenvalue weighted by atomic mass is 10.0. The maximum Gasteiger partial charge on any atom is 0.161 e. The normalized spacial score (nSPS) is 11.0. The first-order valence-corrected chi connectivity index (χ1v) is 7.94. The van der Waals surface area contributed by atoms with Crippen LogP contribution < -0.4 is 4.74 Å². The van der Waals surface area contributed by atoms with E-state index in [0.29, 0.717) is 40.5 Å². The zero-order valence-corrected chi connectivity index (χ0v) is 14.2. The maximum absolute atomic E-state index is 10.2. The fraction of sp³-hybridized carbons (Fsp3) is 0.150. The Morgan fingerprint density at radius 1 is 1.38 bits per heavy atom. The number of nitrogens with zero attached hydrogens (tertiary/aromatic N) is 1. The molecule has 0 aliphatic rings. The molecule has 0 spiro atoms. The molecule has 1 N–H and O–H groups in total. The van der Waals surface area contributed by atoms with E-state index in [9.17, 15) is 10.4 Å². The van der Waals surface area contributed by atoms with Crippen molar-refractivity contribution in [3.63, 3.8) is 0 Å². The van der Waals surface area contributed by atoms with Crippen molar-refractivity contribution in [1.82, 2.24) is 0 Å². The Labute approximate surface area is 147 Å². The lowest BCUT2D eigenvalue weighted by Crippen LogP contribution is -1.95. The molecule has 2 aromatic carbocycles. The first kappa shape index (κ1) is 17.7. The third-order valence-electron chi connectivity index (χ3n) is 3.44. The number of ether oxygens (including phenoxy) is 1. The van der Waals surface area contributed by atoms with E-state index in [1.165, 1.54) is 0 Å². The van der Waals surface area contributed by atoms with Crippen molar-refractivity contribution in [2.45, 2.75) is 13.3 Å². The standard InChI is InChI=1S/C20H18ClNO2/c1-3-7-15-10-14(12-19(20(15)23)24-4-2)11-16(13-22)17-8-5-6-9-18(17)21/h3,5-6,8-12,23H,1,4,7H2,2H3. The molecule has 0 aromatic heterocycles. The number of aromatic hydroxyl groups is 1. The number of halogens is 1. The summed E-state index contributed by atoms with van der Waals surface area (Å²) in [6, 6.07) is 12.9. The molecule has 2 aromatic rings. The van der Waals surface area contributed by atoms with Crippen molar-refractivity contribution in [1.29, 1.82) is 5.26 Å². The topological polar surface area (TPSA) is 53.2 Å². The number of benzene rings is 2. The van der Waals surface area contributed by atoms with Crippen LogP contribution in [0.1, 0.15) is 23.6 Å². The molecule has 4 heteroatoms. The van der Waals surface area contributed by atoms with Crippen LogP contribution in [0.3, 0.4) is 0 Å². The second-order valence-electron chi connectivity index (χ2n) is 5.10. The fourth-order valence-electron chi connectivity index (χ4n) is 2.37. The Kier molecular flexibility index (Phi) is 6.06. The molecule has 122 valence electrons. The van der Waals surface area contributed by atoms with Gasteiger partial charge in [0.2, 0.25) is 0 Å². The molecule has 3 nitrogen and oxygen atoms in total. The summed E-state index contributed by atoms with van der Waals surface area (Å²) in [6.07, 6.45) is 3.94. The van der Waals surface area contributed by atoms with Gasteiger partial charge in [0.25, 0.3) is 0 Å². The summed E-state index contributed by atoms with van der Waals surface area (Å²) in [5.74, 6) is 0.490. The van der Waals surface area contributed by atoms with Gasteiger partial charge in [-0.15, -0.1) is 6.58 Å². The van der Waals surface area contributed by atoms with E-state index in [1.54, 1.807) is 30.4 Å². The minimum absolute atomic E-state index is 0.102. The Bertz CT molecular complexity index is 819. The van der Waals surface area contributed by atoms with Crippen molar-refractivity contribution in [2.75, 3.05) is 6.61 Å². The number of nitriles is 1. The minimum Gasteiger partial charge on any atom is -0.504 e. The highest BCUT2D eigenvalue weighted by Crippen LogP contribution is 2.34. The number of hydrogen-bond donors (Lipinski definition) is 1. The quantitative estimate of drug-likeness (QED) is 0.445. The Hall–Kier alpha value is -2.70. The first-order chi connectivity index (χ1) is 11.6. The van der Waals surface area contributed by atoms with Gasteiger partial charge in [-0.2, -0.15) is 5.26 Å². The van der Waals surface area contributed by atoms with Crippen LogP contribution >= 0.6 is 11.6 Å². The predicted octanol–water partition coefficient (Wildman–Crippen LogP) is 5.24. The second-order valence-corrected chi connectivity index (χ2v) is 5.51. The summed E-state index contributed by atoms with van der Waals surface area (Å²) in [7, 11) is 0. The van der Waals surface area contributed by atoms with Crippen molar-refractivity contribution in [3.8, 4) is 17.6 Å². The highest BCUT2D eigenvalue weighted by molar-refractivity contribution is 6.32. The molecular formula is C20H18ClNO2. The third kappa shape index (κ3) is 3.98. The van der Waals surface area contributed by atoms with E-state index in [2.05, 4.69) is 12.6 Å². The van der Waals surface area contributed by atoms with Gasteiger partial charge in [-0.1, -0.05) is 35.9 Å². The summed E-state index contributed by atoms with van der Waals surface area (Å²) >= 11 is 6.18. The van der Waals surface area contributed by atoms with Gasteiger partial charge in [0.1, 0.15) is 0 Å². The van der Waals surface area contributed by atoms with Gasteiger partial charge < -0.3 is 9.84 Å². The number of hydrogen-bond acceptors (Lipinski definition) is 3. The van der Waals surface area contributed by atoms with Crippen LogP contribution in [-0.4, -0.2) is 11.7 Å². The molecule has 2 rings (SSSR count). The van der Waals surface area contributed by atoms with E-state index in [4.69, 9.17) is 16.3 Å². The van der Waals surface area contributed by atoms with Crippen LogP contribution in [0.2, 0.25) is 5.02 Å². The summed E-state index contributed by atoms with van der Waals surface area (Å²) in [6.45, 7) is 5.98. The summed E-state index contributed by atoms with van der Waals surface area (Å²) < 4.78 is 5.49. The lowest BCUT2D eigenvalue weighted by molar-refractivity contribution is 0.317. The average Bonchev–Trinajstić information content (AvgIpc) is 2.58. The van der Waals surface area contributed by atoms with Crippen molar-refractivity contribution in [2.24, 2.45) is 0 Å². The molecule has 0 aliphatic heterocycles. The highest BCUT2D eigenvalue weighted by Gasteiger charge is 2.11. The highest BCUT2D eigenvalue weighted by atomic mass is 35.5. The number of phenolic OH excluding ortho intramolecular Hbond substituents is 1. The Morgan fingerprint density at radius 3 is 2.75 bits per heavy atom. The molecule has 0 atom stereocenters. The van der Waals surface area contributed by atoms with E-state index < -0.39 is 0 Å². The predicted molar refractivity (Wildman–Crippen MR) is 98.1 cm³/mol. The monoisotopic (exact) mass is 339 g/mol. The lowest BCUT2D eigenvalue weighted by Gasteiger charge is -2.11. The Morgan fingerprint density at radius 2 is 2.12 bits per heavy atom. The summed E-state index contributed by atoms with van der Waals surface area (Å²) in [5, 5.41) is 20.3. The second kappa shape index (κ2) is 8.24. The molecule has 0 aliphatic carbocycles.